The first-order chi connectivity index (χ1) is 50.9. The van der Waals surface area contributed by atoms with Gasteiger partial charge in [0.25, 0.3) is 0 Å². The molecule has 28 rings (SSSR count). The lowest BCUT2D eigenvalue weighted by atomic mass is 9.48. The number of carbonyl (C=O) groups is 2. The normalized spacial score (nSPS) is 33.9. The summed E-state index contributed by atoms with van der Waals surface area (Å²) in [5, 5.41) is 34.2. The van der Waals surface area contributed by atoms with Crippen LogP contribution in [0.2, 0.25) is 0 Å². The lowest BCUT2D eigenvalue weighted by Crippen LogP contribution is -2.65. The number of esters is 2. The number of methoxy groups -OCH3 is 1. The van der Waals surface area contributed by atoms with Gasteiger partial charge in [0.1, 0.15) is 11.3 Å². The molecule has 534 valence electrons. The Morgan fingerprint density at radius 2 is 1.56 bits per heavy atom. The predicted molar refractivity (Wildman–Crippen MR) is 401 cm³/mol. The molecule has 17 aliphatic carbocycles. The number of rotatable bonds is 7. The number of benzene rings is 6. The molecular weight excluding hydrogens is 1290 g/mol. The molecule has 1 aromatic heterocycles. The van der Waals surface area contributed by atoms with Crippen molar-refractivity contribution in [2.24, 2.45) is 40.9 Å². The second kappa shape index (κ2) is 24.8. The Balaban J connectivity index is 0.868. The summed E-state index contributed by atoms with van der Waals surface area (Å²) in [7, 11) is 1.55. The second-order valence-corrected chi connectivity index (χ2v) is 34.4. The van der Waals surface area contributed by atoms with E-state index in [1.54, 1.807) is 7.11 Å². The summed E-state index contributed by atoms with van der Waals surface area (Å²) in [6.45, 7) is 0.823. The largest absolute Gasteiger partial charge is 0.482 e. The van der Waals surface area contributed by atoms with Crippen LogP contribution in [0.3, 0.4) is 0 Å². The average molecular weight is 1390 g/mol. The molecule has 5 fully saturated rings. The number of allylic oxidation sites excluding steroid dienone is 4. The third-order valence-corrected chi connectivity index (χ3v) is 30.2. The maximum absolute atomic E-state index is 17.0. The number of ether oxygens (including phenoxy) is 4. The fourth-order valence-electron chi connectivity index (χ4n) is 26.1. The van der Waals surface area contributed by atoms with E-state index in [1.807, 2.05) is 19.1 Å². The van der Waals surface area contributed by atoms with Crippen LogP contribution in [-0.4, -0.2) is 65.9 Å². The highest BCUT2D eigenvalue weighted by molar-refractivity contribution is 5.91. The Bertz CT molecular complexity index is 4880. The van der Waals surface area contributed by atoms with Gasteiger partial charge in [-0.05, 0) is 263 Å². The van der Waals surface area contributed by atoms with Gasteiger partial charge in [0, 0.05) is 65.7 Å². The van der Waals surface area contributed by atoms with Crippen molar-refractivity contribution in [1.29, 1.82) is 0 Å². The van der Waals surface area contributed by atoms with E-state index in [-0.39, 0.29) is 113 Å². The van der Waals surface area contributed by atoms with E-state index >= 15 is 14.4 Å². The summed E-state index contributed by atoms with van der Waals surface area (Å²) in [4.78, 5) is 48.8. The van der Waals surface area contributed by atoms with E-state index in [2.05, 4.69) is 140 Å². The smallest absolute Gasteiger partial charge is 0.340 e. The van der Waals surface area contributed by atoms with E-state index in [0.717, 1.165) is 77.0 Å². The Morgan fingerprint density at radius 1 is 0.712 bits per heavy atom. The van der Waals surface area contributed by atoms with E-state index in [1.165, 1.54) is 85.2 Å². The minimum Gasteiger partial charge on any atom is -0.482 e. The van der Waals surface area contributed by atoms with Gasteiger partial charge < -0.3 is 38.7 Å². The van der Waals surface area contributed by atoms with Gasteiger partial charge in [-0.2, -0.15) is 0 Å². The number of hydrogen-bond acceptors (Lipinski definition) is 11. The van der Waals surface area contributed by atoms with Gasteiger partial charge in [-0.1, -0.05) is 159 Å². The number of fused-ring (bicyclic) bond motifs is 10. The molecule has 3 N–H and O–H groups in total. The number of aliphatic hydroxyl groups excluding tert-OH is 3. The van der Waals surface area contributed by atoms with Crippen molar-refractivity contribution in [3.8, 4) is 5.75 Å². The molecule has 11 nitrogen and oxygen atoms in total. The molecule has 17 atom stereocenters. The predicted octanol–water partition coefficient (Wildman–Crippen LogP) is 17.6. The van der Waals surface area contributed by atoms with Crippen molar-refractivity contribution < 1.29 is 48.3 Å². The van der Waals surface area contributed by atoms with Crippen LogP contribution in [0.1, 0.15) is 253 Å². The first kappa shape index (κ1) is 65.6. The van der Waals surface area contributed by atoms with E-state index in [4.69, 9.17) is 23.4 Å². The van der Waals surface area contributed by atoms with Gasteiger partial charge >= 0.3 is 17.6 Å². The molecule has 0 unspecified atom stereocenters. The molecule has 0 radical (unpaired) electrons. The zero-order valence-electron chi connectivity index (χ0n) is 60.1. The van der Waals surface area contributed by atoms with Crippen molar-refractivity contribution in [1.82, 2.24) is 0 Å². The van der Waals surface area contributed by atoms with Crippen LogP contribution in [0.5, 0.6) is 5.75 Å². The summed E-state index contributed by atoms with van der Waals surface area (Å²) >= 11 is 0. The van der Waals surface area contributed by atoms with Crippen LogP contribution in [0.15, 0.2) is 160 Å². The van der Waals surface area contributed by atoms with E-state index < -0.39 is 53.3 Å². The lowest BCUT2D eigenvalue weighted by molar-refractivity contribution is -0.222. The minimum atomic E-state index is -1.37. The fourth-order valence-corrected chi connectivity index (χ4v) is 26.1. The van der Waals surface area contributed by atoms with Crippen molar-refractivity contribution in [3.63, 3.8) is 0 Å². The lowest BCUT2D eigenvalue weighted by Gasteiger charge is -2.59. The molecule has 5 heterocycles. The fraction of sp³-hybridized carbons (Fsp3) is 0.473. The maximum Gasteiger partial charge on any atom is 0.340 e. The summed E-state index contributed by atoms with van der Waals surface area (Å²) in [5.41, 5.74) is 16.5. The number of hydrogen-bond donors (Lipinski definition) is 3. The zero-order chi connectivity index (χ0) is 70.1. The SMILES string of the molecule is COC[C@@H](CCO)c1c(CO)c2ccc3c(c2oc1=O)[C@H]1OC(=O)C[C@@H]2C[C@@H]4C=C[C@@H]2c2ccc5c(c2)[C@H]2C[C@@H]([C@@H]5C/C(=C(\C)CO)C(=O)O[C@@H]1[C@@]1(CCC[C@@]5(C2)[C@H]2C=Cc6ccccc6[C@H]2C[C@@H]51)O3)C1(CCCC1)c1ccc(cc1)Cc1ccc2c(c1)[C@]13c5cccc4c5CC[C@H]1CCC[C@@H]3C=C2. The molecule has 21 aliphatic rings. The second-order valence-electron chi connectivity index (χ2n) is 34.4. The topological polar surface area (TPSA) is 162 Å². The van der Waals surface area contributed by atoms with Gasteiger partial charge in [0.05, 0.1) is 25.4 Å². The Morgan fingerprint density at radius 3 is 2.40 bits per heavy atom. The van der Waals surface area contributed by atoms with Crippen LogP contribution in [-0.2, 0) is 54.1 Å². The molecule has 104 heavy (non-hydrogen) atoms. The highest BCUT2D eigenvalue weighted by Crippen LogP contribution is 2.73. The van der Waals surface area contributed by atoms with Crippen molar-refractivity contribution >= 4 is 35.1 Å². The summed E-state index contributed by atoms with van der Waals surface area (Å²) in [6.07, 6.45) is 28.8. The van der Waals surface area contributed by atoms with Gasteiger partial charge in [0.2, 0.25) is 0 Å². The monoisotopic (exact) mass is 1390 g/mol. The van der Waals surface area contributed by atoms with Gasteiger partial charge in [0.15, 0.2) is 17.8 Å². The highest BCUT2D eigenvalue weighted by atomic mass is 16.6. The van der Waals surface area contributed by atoms with Gasteiger partial charge in [-0.3, -0.25) is 4.79 Å². The highest BCUT2D eigenvalue weighted by Gasteiger charge is 2.71. The summed E-state index contributed by atoms with van der Waals surface area (Å²) in [5.74, 6) is -0.931. The molecule has 0 amide bonds. The first-order valence-electron chi connectivity index (χ1n) is 39.7. The summed E-state index contributed by atoms with van der Waals surface area (Å²) < 4.78 is 35.8. The van der Waals surface area contributed by atoms with Crippen molar-refractivity contribution in [2.75, 3.05) is 26.9 Å². The molecule has 3 spiro atoms. The number of aliphatic hydroxyl groups is 3. The van der Waals surface area contributed by atoms with Crippen LogP contribution >= 0.6 is 0 Å². The van der Waals surface area contributed by atoms with E-state index in [0.29, 0.717) is 65.4 Å². The molecule has 11 heteroatoms. The Labute approximate surface area is 609 Å². The minimum absolute atomic E-state index is 0.00805. The maximum atomic E-state index is 17.0. The van der Waals surface area contributed by atoms with Crippen LogP contribution in [0, 0.1) is 40.9 Å². The standard InChI is InChI=1S/C93H96O11/c1-52(49-95)71-46-73-68-29-22-58-43-72(68)61-44-79(73)90(35-5-6-36-90)62-24-17-53(18-25-62)40-54-16-19-56-20-26-63-11-7-12-64-27-30-69-67(14-8-15-77(69)93(63,64)78(56)41-54)57-21-28-65(58)60(42-57)45-82(97)101-86-84-80(33-31-70-75(50-96)83(89(99)102-85(70)84)59(34-39-94)51-100-2)104-92(87(86)103-88(71)98)38-9-37-91(48-61)76-32-23-55-10-3-4-13-66(55)74(76)47-81(91)92/h3-4,8,10,13-26,28-29,31-33,41,43,57,59-61,63-65,73-74,76,79,81,86-87,94-96H,5-7,9,11-12,27,30,34-40,42,44-51H2,1-2H3/b71-52-/t57-,59+,60-,61-,63+,64+,65+,73+,74+,76-,79-,81-,86+,87-,91+,92-,93-/m0/s1. The molecule has 4 saturated carbocycles. The third kappa shape index (κ3) is 9.49. The molecule has 21 bridgehead atoms. The zero-order valence-corrected chi connectivity index (χ0v) is 60.1. The van der Waals surface area contributed by atoms with Crippen molar-refractivity contribution in [2.45, 2.75) is 206 Å². The quantitative estimate of drug-likeness (QED) is 0.0603. The molecule has 4 aliphatic heterocycles. The van der Waals surface area contributed by atoms with E-state index in [9.17, 15) is 15.3 Å². The van der Waals surface area contributed by atoms with Crippen LogP contribution < -0.4 is 10.4 Å². The van der Waals surface area contributed by atoms with Crippen LogP contribution in [0.4, 0.5) is 0 Å². The summed E-state index contributed by atoms with van der Waals surface area (Å²) in [6, 6.07) is 44.6. The van der Waals surface area contributed by atoms with Crippen molar-refractivity contribution in [3.05, 3.63) is 250 Å². The van der Waals surface area contributed by atoms with Gasteiger partial charge in [-0.15, -0.1) is 0 Å². The Hall–Kier alpha value is -7.93. The average Bonchev–Trinajstić information content (AvgIpc) is 1.55. The Kier molecular flexibility index (Phi) is 15.7. The molecule has 1 saturated heterocycles. The van der Waals surface area contributed by atoms with Gasteiger partial charge in [-0.25, -0.2) is 9.59 Å². The molecule has 7 aromatic rings. The third-order valence-electron chi connectivity index (χ3n) is 30.2. The first-order valence-corrected chi connectivity index (χ1v) is 39.7. The molecule has 6 aromatic carbocycles. The molecular formula is C93H96O11. The van der Waals surface area contributed by atoms with Crippen LogP contribution in [0.25, 0.3) is 23.1 Å². The number of carbonyl (C=O) groups excluding carboxylic acids is 2.